The standard InChI is InChI=1S/C24H22N4O4S/c1-14-17(3-4-18-19(14)13-32-24(18)29)22-12-28(5-6-31-22)11-16-10-27-23(33-16)20-7-21(30-2)15(8-25)9-26-20/h3-4,7,9-10,22H,5-6,11-13H2,1-2H3/t22-/m0/s1. The number of carbonyl (C=O) groups is 1. The second-order valence-corrected chi connectivity index (χ2v) is 9.11. The Labute approximate surface area is 195 Å². The van der Waals surface area contributed by atoms with Gasteiger partial charge in [0, 0.05) is 48.5 Å². The lowest BCUT2D eigenvalue weighted by Gasteiger charge is -2.33. The molecule has 1 aromatic carbocycles. The molecule has 8 nitrogen and oxygen atoms in total. The van der Waals surface area contributed by atoms with Crippen molar-refractivity contribution >= 4 is 17.3 Å². The molecule has 0 spiro atoms. The van der Waals surface area contributed by atoms with Gasteiger partial charge in [-0.15, -0.1) is 11.3 Å². The smallest absolute Gasteiger partial charge is 0.338 e. The number of fused-ring (bicyclic) bond motifs is 1. The first-order valence-electron chi connectivity index (χ1n) is 10.6. The highest BCUT2D eigenvalue weighted by molar-refractivity contribution is 7.15. The highest BCUT2D eigenvalue weighted by Crippen LogP contribution is 2.33. The molecule has 2 aromatic heterocycles. The van der Waals surface area contributed by atoms with E-state index in [2.05, 4.69) is 20.9 Å². The first kappa shape index (κ1) is 21.5. The number of thiazole rings is 1. The van der Waals surface area contributed by atoms with Crippen molar-refractivity contribution in [3.05, 3.63) is 63.3 Å². The second kappa shape index (κ2) is 8.90. The van der Waals surface area contributed by atoms with Crippen LogP contribution in [0, 0.1) is 18.3 Å². The summed E-state index contributed by atoms with van der Waals surface area (Å²) in [6, 6.07) is 7.66. The molecule has 2 aliphatic rings. The molecule has 0 radical (unpaired) electrons. The van der Waals surface area contributed by atoms with E-state index in [1.54, 1.807) is 17.4 Å². The predicted molar refractivity (Wildman–Crippen MR) is 121 cm³/mol. The molecule has 0 unspecified atom stereocenters. The van der Waals surface area contributed by atoms with E-state index in [-0.39, 0.29) is 12.1 Å². The number of nitrogens with zero attached hydrogens (tertiary/aromatic N) is 4. The summed E-state index contributed by atoms with van der Waals surface area (Å²) in [6.07, 6.45) is 3.33. The van der Waals surface area contributed by atoms with Gasteiger partial charge in [-0.1, -0.05) is 6.07 Å². The molecule has 5 rings (SSSR count). The van der Waals surface area contributed by atoms with Crippen LogP contribution in [0.2, 0.25) is 0 Å². The number of ether oxygens (including phenoxy) is 3. The van der Waals surface area contributed by atoms with Crippen LogP contribution in [0.15, 0.2) is 30.6 Å². The van der Waals surface area contributed by atoms with E-state index < -0.39 is 0 Å². The van der Waals surface area contributed by atoms with Gasteiger partial charge in [0.15, 0.2) is 0 Å². The largest absolute Gasteiger partial charge is 0.495 e. The van der Waals surface area contributed by atoms with Crippen LogP contribution in [0.3, 0.4) is 0 Å². The number of methoxy groups -OCH3 is 1. The van der Waals surface area contributed by atoms with Crippen LogP contribution in [-0.4, -0.2) is 47.6 Å². The minimum absolute atomic E-state index is 0.0587. The zero-order chi connectivity index (χ0) is 22.9. The lowest BCUT2D eigenvalue weighted by molar-refractivity contribution is -0.0329. The highest BCUT2D eigenvalue weighted by atomic mass is 32.1. The fourth-order valence-electron chi connectivity index (χ4n) is 4.28. The van der Waals surface area contributed by atoms with Crippen LogP contribution >= 0.6 is 11.3 Å². The van der Waals surface area contributed by atoms with E-state index in [1.165, 1.54) is 13.3 Å². The maximum absolute atomic E-state index is 11.8. The van der Waals surface area contributed by atoms with E-state index in [4.69, 9.17) is 19.5 Å². The van der Waals surface area contributed by atoms with Crippen molar-refractivity contribution in [1.82, 2.24) is 14.9 Å². The molecule has 0 amide bonds. The Morgan fingerprint density at radius 2 is 2.21 bits per heavy atom. The Kier molecular flexibility index (Phi) is 5.81. The summed E-state index contributed by atoms with van der Waals surface area (Å²) in [7, 11) is 1.54. The first-order chi connectivity index (χ1) is 16.1. The summed E-state index contributed by atoms with van der Waals surface area (Å²) >= 11 is 1.58. The van der Waals surface area contributed by atoms with Gasteiger partial charge in [-0.2, -0.15) is 5.26 Å². The molecule has 0 saturated carbocycles. The van der Waals surface area contributed by atoms with Gasteiger partial charge in [-0.3, -0.25) is 9.88 Å². The van der Waals surface area contributed by atoms with Crippen molar-refractivity contribution < 1.29 is 19.0 Å². The van der Waals surface area contributed by atoms with E-state index in [9.17, 15) is 4.79 Å². The maximum atomic E-state index is 11.8. The van der Waals surface area contributed by atoms with Crippen LogP contribution in [0.4, 0.5) is 0 Å². The van der Waals surface area contributed by atoms with E-state index in [1.807, 2.05) is 25.3 Å². The van der Waals surface area contributed by atoms with Gasteiger partial charge in [0.1, 0.15) is 34.7 Å². The fourth-order valence-corrected chi connectivity index (χ4v) is 5.20. The minimum Gasteiger partial charge on any atom is -0.495 e. The molecule has 168 valence electrons. The third-order valence-electron chi connectivity index (χ3n) is 6.06. The monoisotopic (exact) mass is 462 g/mol. The number of hydrogen-bond donors (Lipinski definition) is 0. The van der Waals surface area contributed by atoms with Crippen LogP contribution in [0.1, 0.15) is 43.6 Å². The Bertz CT molecular complexity index is 1270. The molecule has 9 heteroatoms. The number of rotatable bonds is 5. The molecule has 0 aliphatic carbocycles. The number of esters is 1. The lowest BCUT2D eigenvalue weighted by atomic mass is 9.94. The molecule has 1 fully saturated rings. The summed E-state index contributed by atoms with van der Waals surface area (Å²) in [5, 5.41) is 9.94. The maximum Gasteiger partial charge on any atom is 0.338 e. The number of cyclic esters (lactones) is 1. The predicted octanol–water partition coefficient (Wildman–Crippen LogP) is 3.64. The van der Waals surface area contributed by atoms with E-state index in [0.717, 1.165) is 46.2 Å². The number of benzene rings is 1. The molecular weight excluding hydrogens is 440 g/mol. The Balaban J connectivity index is 1.30. The van der Waals surface area contributed by atoms with Crippen molar-refractivity contribution in [3.63, 3.8) is 0 Å². The number of hydrogen-bond acceptors (Lipinski definition) is 9. The number of nitriles is 1. The molecule has 0 N–H and O–H groups in total. The summed E-state index contributed by atoms with van der Waals surface area (Å²) in [5.74, 6) is 0.244. The van der Waals surface area contributed by atoms with Crippen LogP contribution in [0.25, 0.3) is 10.7 Å². The van der Waals surface area contributed by atoms with E-state index in [0.29, 0.717) is 35.8 Å². The molecule has 0 bridgehead atoms. The number of morpholine rings is 1. The average molecular weight is 463 g/mol. The molecule has 2 aliphatic heterocycles. The number of aromatic nitrogens is 2. The highest BCUT2D eigenvalue weighted by Gasteiger charge is 2.29. The van der Waals surface area contributed by atoms with Gasteiger partial charge in [-0.25, -0.2) is 9.78 Å². The fraction of sp³-hybridized carbons (Fsp3) is 0.333. The van der Waals surface area contributed by atoms with E-state index >= 15 is 0 Å². The SMILES string of the molecule is COc1cc(-c2ncc(CN3CCO[C@H](c4ccc5c(c4C)COC5=O)C3)s2)ncc1C#N. The van der Waals surface area contributed by atoms with Crippen LogP contribution in [-0.2, 0) is 22.6 Å². The van der Waals surface area contributed by atoms with Gasteiger partial charge in [0.25, 0.3) is 0 Å². The Morgan fingerprint density at radius 3 is 3.03 bits per heavy atom. The van der Waals surface area contributed by atoms with Gasteiger partial charge in [-0.05, 0) is 24.1 Å². The third-order valence-corrected chi connectivity index (χ3v) is 7.07. The van der Waals surface area contributed by atoms with Crippen molar-refractivity contribution in [1.29, 1.82) is 5.26 Å². The van der Waals surface area contributed by atoms with Crippen molar-refractivity contribution in [2.75, 3.05) is 26.8 Å². The summed E-state index contributed by atoms with van der Waals surface area (Å²) in [4.78, 5) is 24.2. The van der Waals surface area contributed by atoms with Crippen molar-refractivity contribution in [2.45, 2.75) is 26.2 Å². The number of pyridine rings is 1. The van der Waals surface area contributed by atoms with Crippen LogP contribution < -0.4 is 4.74 Å². The summed E-state index contributed by atoms with van der Waals surface area (Å²) < 4.78 is 16.6. The van der Waals surface area contributed by atoms with Crippen molar-refractivity contribution in [3.8, 4) is 22.5 Å². The van der Waals surface area contributed by atoms with Gasteiger partial charge in [0.05, 0.1) is 25.4 Å². The Morgan fingerprint density at radius 1 is 1.33 bits per heavy atom. The molecule has 4 heterocycles. The molecule has 1 atom stereocenters. The molecular formula is C24H22N4O4S. The van der Waals surface area contributed by atoms with Crippen LogP contribution in [0.5, 0.6) is 5.75 Å². The summed E-state index contributed by atoms with van der Waals surface area (Å²) in [6.45, 7) is 5.35. The van der Waals surface area contributed by atoms with Crippen molar-refractivity contribution in [2.24, 2.45) is 0 Å². The summed E-state index contributed by atoms with van der Waals surface area (Å²) in [5.41, 5.74) is 4.90. The quantitative estimate of drug-likeness (QED) is 0.530. The van der Waals surface area contributed by atoms with Gasteiger partial charge in [0.2, 0.25) is 0 Å². The zero-order valence-electron chi connectivity index (χ0n) is 18.3. The second-order valence-electron chi connectivity index (χ2n) is 7.99. The average Bonchev–Trinajstić information content (AvgIpc) is 3.46. The minimum atomic E-state index is -0.249. The number of carbonyl (C=O) groups excluding carboxylic acids is 1. The molecule has 3 aromatic rings. The van der Waals surface area contributed by atoms with Gasteiger partial charge < -0.3 is 14.2 Å². The Hall–Kier alpha value is -3.32. The first-order valence-corrected chi connectivity index (χ1v) is 11.4. The molecule has 1 saturated heterocycles. The normalized spacial score (nSPS) is 18.0. The van der Waals surface area contributed by atoms with Gasteiger partial charge >= 0.3 is 5.97 Å². The third kappa shape index (κ3) is 4.09. The topological polar surface area (TPSA) is 97.6 Å². The zero-order valence-corrected chi connectivity index (χ0v) is 19.1. The molecule has 33 heavy (non-hydrogen) atoms. The lowest BCUT2D eigenvalue weighted by Crippen LogP contribution is -2.37.